The molecule has 0 N–H and O–H groups in total. The summed E-state index contributed by atoms with van der Waals surface area (Å²) in [6, 6.07) is 66.6. The molecule has 0 spiro atoms. The Bertz CT molecular complexity index is 2810. The average molecular weight is 696 g/mol. The molecule has 4 nitrogen and oxygen atoms in total. The molecule has 258 valence electrons. The van der Waals surface area contributed by atoms with E-state index in [1.807, 2.05) is 30.3 Å². The molecule has 9 aromatic rings. The van der Waals surface area contributed by atoms with E-state index in [0.717, 1.165) is 45.2 Å². The molecule has 0 saturated carbocycles. The van der Waals surface area contributed by atoms with Crippen LogP contribution in [-0.4, -0.2) is 4.98 Å². The van der Waals surface area contributed by atoms with Crippen molar-refractivity contribution in [1.82, 2.24) is 4.98 Å². The second-order valence-electron chi connectivity index (χ2n) is 14.5. The van der Waals surface area contributed by atoms with Crippen molar-refractivity contribution in [2.75, 3.05) is 9.80 Å². The molecule has 0 amide bonds. The van der Waals surface area contributed by atoms with Gasteiger partial charge in [-0.3, -0.25) is 0 Å². The number of benzene rings is 8. The van der Waals surface area contributed by atoms with Crippen LogP contribution in [0.2, 0.25) is 0 Å². The highest BCUT2D eigenvalue weighted by molar-refractivity contribution is 6.00. The minimum Gasteiger partial charge on any atom is -0.436 e. The van der Waals surface area contributed by atoms with E-state index in [9.17, 15) is 0 Å². The standard InChI is InChI=1S/C50H37N3O/c1-50(2)44-25-15-14-24-42(44)43-29-28-40(31-45(43)50)53(38-22-10-5-11-23-38)46-32-41(33-47-48(46)51-49(54-47)35-17-6-3-7-18-35)52(37-20-8-4-9-21-37)39-27-26-34-16-12-13-19-36(34)30-39/h3-33H,1-2H3. The summed E-state index contributed by atoms with van der Waals surface area (Å²) < 4.78 is 6.73. The van der Waals surface area contributed by atoms with E-state index in [0.29, 0.717) is 11.5 Å². The summed E-state index contributed by atoms with van der Waals surface area (Å²) in [6.45, 7) is 4.66. The summed E-state index contributed by atoms with van der Waals surface area (Å²) in [7, 11) is 0. The van der Waals surface area contributed by atoms with Crippen LogP contribution in [0.3, 0.4) is 0 Å². The van der Waals surface area contributed by atoms with E-state index < -0.39 is 0 Å². The molecule has 0 radical (unpaired) electrons. The van der Waals surface area contributed by atoms with Gasteiger partial charge < -0.3 is 14.2 Å². The molecule has 0 fully saturated rings. The molecule has 0 saturated heterocycles. The summed E-state index contributed by atoms with van der Waals surface area (Å²) in [5.74, 6) is 0.583. The lowest BCUT2D eigenvalue weighted by Crippen LogP contribution is -2.17. The lowest BCUT2D eigenvalue weighted by molar-refractivity contribution is 0.620. The summed E-state index contributed by atoms with van der Waals surface area (Å²) in [4.78, 5) is 9.90. The number of aromatic nitrogens is 1. The van der Waals surface area contributed by atoms with Crippen LogP contribution < -0.4 is 9.80 Å². The Hall–Kier alpha value is -6.91. The van der Waals surface area contributed by atoms with Crippen LogP contribution in [-0.2, 0) is 5.41 Å². The maximum atomic E-state index is 6.73. The van der Waals surface area contributed by atoms with Gasteiger partial charge in [-0.05, 0) is 99.8 Å². The molecule has 0 aliphatic heterocycles. The van der Waals surface area contributed by atoms with Crippen LogP contribution >= 0.6 is 0 Å². The Morgan fingerprint density at radius 2 is 1.04 bits per heavy atom. The zero-order valence-corrected chi connectivity index (χ0v) is 30.1. The van der Waals surface area contributed by atoms with Gasteiger partial charge in [-0.25, -0.2) is 4.98 Å². The van der Waals surface area contributed by atoms with Gasteiger partial charge in [0.2, 0.25) is 5.89 Å². The highest BCUT2D eigenvalue weighted by atomic mass is 16.3. The second kappa shape index (κ2) is 12.6. The Morgan fingerprint density at radius 1 is 0.444 bits per heavy atom. The number of hydrogen-bond donors (Lipinski definition) is 0. The minimum atomic E-state index is -0.157. The van der Waals surface area contributed by atoms with E-state index in [2.05, 4.69) is 181 Å². The van der Waals surface area contributed by atoms with Crippen LogP contribution in [0.1, 0.15) is 25.0 Å². The SMILES string of the molecule is CC1(C)c2ccccc2-c2ccc(N(c3ccccc3)c3cc(N(c4ccccc4)c4ccc5ccccc5c4)cc4oc(-c5ccccc5)nc34)cc21. The van der Waals surface area contributed by atoms with Crippen LogP contribution in [0.5, 0.6) is 0 Å². The van der Waals surface area contributed by atoms with Gasteiger partial charge in [0, 0.05) is 39.8 Å². The first kappa shape index (κ1) is 31.8. The molecule has 1 aliphatic carbocycles. The number of nitrogens with zero attached hydrogens (tertiary/aromatic N) is 3. The molecule has 0 unspecified atom stereocenters. The zero-order valence-electron chi connectivity index (χ0n) is 30.1. The molecular formula is C50H37N3O. The van der Waals surface area contributed by atoms with Crippen molar-refractivity contribution in [1.29, 1.82) is 0 Å². The summed E-state index contributed by atoms with van der Waals surface area (Å²) >= 11 is 0. The number of rotatable bonds is 7. The Morgan fingerprint density at radius 3 is 1.80 bits per heavy atom. The Kier molecular flexibility index (Phi) is 7.44. The predicted octanol–water partition coefficient (Wildman–Crippen LogP) is 13.9. The van der Waals surface area contributed by atoms with E-state index in [-0.39, 0.29) is 5.41 Å². The molecule has 8 aromatic carbocycles. The van der Waals surface area contributed by atoms with Crippen molar-refractivity contribution in [3.8, 4) is 22.6 Å². The molecule has 0 bridgehead atoms. The monoisotopic (exact) mass is 695 g/mol. The Balaban J connectivity index is 1.24. The van der Waals surface area contributed by atoms with Gasteiger partial charge in [0.1, 0.15) is 5.52 Å². The fourth-order valence-corrected chi connectivity index (χ4v) is 8.18. The number of anilines is 6. The number of oxazole rings is 1. The third-order valence-electron chi connectivity index (χ3n) is 10.8. The molecule has 1 heterocycles. The van der Waals surface area contributed by atoms with Crippen molar-refractivity contribution in [2.24, 2.45) is 0 Å². The van der Waals surface area contributed by atoms with Gasteiger partial charge in [0.05, 0.1) is 11.4 Å². The second-order valence-corrected chi connectivity index (χ2v) is 14.5. The van der Waals surface area contributed by atoms with Crippen molar-refractivity contribution in [2.45, 2.75) is 19.3 Å². The van der Waals surface area contributed by atoms with Crippen LogP contribution in [0, 0.1) is 0 Å². The maximum Gasteiger partial charge on any atom is 0.227 e. The molecular weight excluding hydrogens is 659 g/mol. The molecule has 10 rings (SSSR count). The van der Waals surface area contributed by atoms with E-state index >= 15 is 0 Å². The quantitative estimate of drug-likeness (QED) is 0.166. The lowest BCUT2D eigenvalue weighted by atomic mass is 9.82. The third-order valence-corrected chi connectivity index (χ3v) is 10.8. The average Bonchev–Trinajstić information content (AvgIpc) is 3.76. The third kappa shape index (κ3) is 5.26. The molecule has 0 atom stereocenters. The minimum absolute atomic E-state index is 0.157. The summed E-state index contributed by atoms with van der Waals surface area (Å²) in [5, 5.41) is 2.38. The fraction of sp³-hybridized carbons (Fsp3) is 0.0600. The first-order valence-corrected chi connectivity index (χ1v) is 18.5. The normalized spacial score (nSPS) is 12.8. The smallest absolute Gasteiger partial charge is 0.227 e. The molecule has 4 heteroatoms. The summed E-state index contributed by atoms with van der Waals surface area (Å²) in [6.07, 6.45) is 0. The van der Waals surface area contributed by atoms with Crippen LogP contribution in [0.15, 0.2) is 192 Å². The highest BCUT2D eigenvalue weighted by Crippen LogP contribution is 2.52. The van der Waals surface area contributed by atoms with E-state index in [1.54, 1.807) is 0 Å². The van der Waals surface area contributed by atoms with Crippen molar-refractivity contribution in [3.05, 3.63) is 199 Å². The largest absolute Gasteiger partial charge is 0.436 e. The van der Waals surface area contributed by atoms with Crippen molar-refractivity contribution in [3.63, 3.8) is 0 Å². The van der Waals surface area contributed by atoms with Crippen molar-refractivity contribution >= 4 is 56.0 Å². The van der Waals surface area contributed by atoms with Gasteiger partial charge in [-0.15, -0.1) is 0 Å². The molecule has 1 aliphatic rings. The van der Waals surface area contributed by atoms with Gasteiger partial charge in [-0.1, -0.05) is 129 Å². The number of para-hydroxylation sites is 2. The van der Waals surface area contributed by atoms with Gasteiger partial charge in [0.15, 0.2) is 5.58 Å². The molecule has 54 heavy (non-hydrogen) atoms. The van der Waals surface area contributed by atoms with E-state index in [1.165, 1.54) is 33.0 Å². The van der Waals surface area contributed by atoms with Crippen molar-refractivity contribution < 1.29 is 4.42 Å². The van der Waals surface area contributed by atoms with E-state index in [4.69, 9.17) is 9.40 Å². The van der Waals surface area contributed by atoms with Gasteiger partial charge in [-0.2, -0.15) is 0 Å². The van der Waals surface area contributed by atoms with Crippen LogP contribution in [0.25, 0.3) is 44.5 Å². The van der Waals surface area contributed by atoms with Gasteiger partial charge >= 0.3 is 0 Å². The maximum absolute atomic E-state index is 6.73. The number of fused-ring (bicyclic) bond motifs is 5. The first-order chi connectivity index (χ1) is 26.5. The highest BCUT2D eigenvalue weighted by Gasteiger charge is 2.36. The lowest BCUT2D eigenvalue weighted by Gasteiger charge is -2.30. The molecule has 1 aromatic heterocycles. The predicted molar refractivity (Wildman–Crippen MR) is 224 cm³/mol. The zero-order chi connectivity index (χ0) is 36.2. The fourth-order valence-electron chi connectivity index (χ4n) is 8.18. The number of hydrogen-bond acceptors (Lipinski definition) is 4. The first-order valence-electron chi connectivity index (χ1n) is 18.5. The Labute approximate surface area is 315 Å². The topological polar surface area (TPSA) is 32.5 Å². The van der Waals surface area contributed by atoms with Crippen LogP contribution in [0.4, 0.5) is 34.1 Å². The van der Waals surface area contributed by atoms with Gasteiger partial charge in [0.25, 0.3) is 0 Å². The summed E-state index contributed by atoms with van der Waals surface area (Å²) in [5.41, 5.74) is 13.6.